The van der Waals surface area contributed by atoms with E-state index in [-0.39, 0.29) is 23.0 Å². The van der Waals surface area contributed by atoms with Crippen LogP contribution in [-0.4, -0.2) is 41.1 Å². The van der Waals surface area contributed by atoms with E-state index in [1.165, 1.54) is 36.4 Å². The highest BCUT2D eigenvalue weighted by Crippen LogP contribution is 2.22. The molecule has 8 nitrogen and oxygen atoms in total. The van der Waals surface area contributed by atoms with E-state index in [9.17, 15) is 19.2 Å². The Morgan fingerprint density at radius 2 is 1.09 bits per heavy atom. The molecule has 0 aliphatic rings. The lowest BCUT2D eigenvalue weighted by molar-refractivity contribution is -0.142. The van der Waals surface area contributed by atoms with Crippen LogP contribution in [0.3, 0.4) is 0 Å². The van der Waals surface area contributed by atoms with E-state index < -0.39 is 29.4 Å². The third kappa shape index (κ3) is 7.10. The smallest absolute Gasteiger partial charge is 0.344 e. The highest BCUT2D eigenvalue weighted by molar-refractivity contribution is 6.06. The van der Waals surface area contributed by atoms with Crippen molar-refractivity contribution >= 4 is 29.4 Å². The summed E-state index contributed by atoms with van der Waals surface area (Å²) >= 11 is 0. The molecule has 0 bridgehead atoms. The summed E-state index contributed by atoms with van der Waals surface area (Å²) in [6.07, 6.45) is 0. The third-order valence-corrected chi connectivity index (χ3v) is 4.66. The lowest BCUT2D eigenvalue weighted by Gasteiger charge is -2.17. The number of oxime groups is 1. The Kier molecular flexibility index (Phi) is 8.10. The van der Waals surface area contributed by atoms with Gasteiger partial charge in [-0.25, -0.2) is 9.59 Å². The van der Waals surface area contributed by atoms with Crippen molar-refractivity contribution in [1.82, 2.24) is 0 Å². The summed E-state index contributed by atoms with van der Waals surface area (Å²) < 4.78 is 5.36. The van der Waals surface area contributed by atoms with E-state index in [1.54, 1.807) is 53.7 Å². The van der Waals surface area contributed by atoms with E-state index >= 15 is 0 Å². The Balaban J connectivity index is 2.28. The van der Waals surface area contributed by atoms with E-state index in [0.717, 1.165) is 0 Å². The number of carboxylic acids is 1. The van der Waals surface area contributed by atoms with Gasteiger partial charge in [0.2, 0.25) is 6.61 Å². The third-order valence-electron chi connectivity index (χ3n) is 4.66. The molecule has 2 aromatic carbocycles. The molecule has 0 amide bonds. The monoisotopic (exact) mass is 467 g/mol. The lowest BCUT2D eigenvalue weighted by atomic mass is 9.86. The zero-order valence-electron chi connectivity index (χ0n) is 20.2. The summed E-state index contributed by atoms with van der Waals surface area (Å²) in [7, 11) is 0. The van der Waals surface area contributed by atoms with E-state index in [4.69, 9.17) is 14.7 Å². The first-order valence-corrected chi connectivity index (χ1v) is 10.6. The quantitative estimate of drug-likeness (QED) is 0.205. The van der Waals surface area contributed by atoms with E-state index in [1.807, 2.05) is 0 Å². The van der Waals surface area contributed by atoms with Crippen LogP contribution in [0, 0.1) is 10.8 Å². The molecule has 0 saturated heterocycles. The average molecular weight is 468 g/mol. The molecule has 34 heavy (non-hydrogen) atoms. The zero-order valence-corrected chi connectivity index (χ0v) is 20.2. The predicted molar refractivity (Wildman–Crippen MR) is 126 cm³/mol. The highest BCUT2D eigenvalue weighted by atomic mass is 16.7. The SMILES string of the molecule is CC(C)(C)C(=O)c1ccc(C(=O)O/C(=N\OCC(=O)O)c2ccc(C(=O)C(C)(C)C)cc2)cc1. The Hall–Kier alpha value is -3.81. The number of Topliss-reactive ketones (excluding diaryl/α,β-unsaturated/α-hetero) is 2. The van der Waals surface area contributed by atoms with Crippen molar-refractivity contribution in [2.24, 2.45) is 16.0 Å². The standard InChI is InChI=1S/C26H29NO7/c1-25(2,3)21(30)16-7-11-18(12-8-16)23(27-33-15-20(28)29)34-24(32)19-13-9-17(10-14-19)22(31)26(4,5)6/h7-14H,15H2,1-6H3,(H,28,29)/b27-23-. The second kappa shape index (κ2) is 10.4. The normalized spacial score (nSPS) is 12.1. The van der Waals surface area contributed by atoms with Crippen molar-refractivity contribution in [3.05, 3.63) is 70.8 Å². The van der Waals surface area contributed by atoms with Gasteiger partial charge < -0.3 is 14.7 Å². The van der Waals surface area contributed by atoms with E-state index in [2.05, 4.69) is 5.16 Å². The zero-order chi connectivity index (χ0) is 25.7. The minimum absolute atomic E-state index is 0.0679. The molecule has 2 aromatic rings. The number of ketones is 2. The van der Waals surface area contributed by atoms with Crippen LogP contribution in [0.2, 0.25) is 0 Å². The maximum absolute atomic E-state index is 12.7. The van der Waals surface area contributed by atoms with Crippen LogP contribution < -0.4 is 0 Å². The van der Waals surface area contributed by atoms with Crippen LogP contribution in [0.15, 0.2) is 53.7 Å². The summed E-state index contributed by atoms with van der Waals surface area (Å²) in [6, 6.07) is 12.2. The average Bonchev–Trinajstić information content (AvgIpc) is 2.76. The van der Waals surface area contributed by atoms with Crippen molar-refractivity contribution in [2.75, 3.05) is 6.61 Å². The van der Waals surface area contributed by atoms with Crippen molar-refractivity contribution in [1.29, 1.82) is 0 Å². The number of carboxylic acid groups (broad SMARTS) is 1. The van der Waals surface area contributed by atoms with Crippen molar-refractivity contribution < 1.29 is 33.9 Å². The number of carbonyl (C=O) groups is 4. The van der Waals surface area contributed by atoms with Crippen molar-refractivity contribution in [2.45, 2.75) is 41.5 Å². The molecule has 8 heteroatoms. The number of hydrogen-bond acceptors (Lipinski definition) is 7. The van der Waals surface area contributed by atoms with Gasteiger partial charge >= 0.3 is 11.9 Å². The van der Waals surface area contributed by atoms with Gasteiger partial charge in [0.05, 0.1) is 5.56 Å². The predicted octanol–water partition coefficient (Wildman–Crippen LogP) is 4.76. The minimum atomic E-state index is -1.25. The molecule has 0 radical (unpaired) electrons. The molecule has 0 aliphatic carbocycles. The molecule has 0 aromatic heterocycles. The van der Waals surface area contributed by atoms with Gasteiger partial charge in [0.1, 0.15) is 0 Å². The van der Waals surface area contributed by atoms with Crippen LogP contribution >= 0.6 is 0 Å². The molecule has 0 fully saturated rings. The Bertz CT molecular complexity index is 1100. The fourth-order valence-corrected chi connectivity index (χ4v) is 2.81. The summed E-state index contributed by atoms with van der Waals surface area (Å²) in [4.78, 5) is 53.1. The first-order chi connectivity index (χ1) is 15.7. The van der Waals surface area contributed by atoms with E-state index in [0.29, 0.717) is 16.7 Å². The highest BCUT2D eigenvalue weighted by Gasteiger charge is 2.24. The molecule has 0 heterocycles. The van der Waals surface area contributed by atoms with Crippen molar-refractivity contribution in [3.63, 3.8) is 0 Å². The maximum Gasteiger partial charge on any atom is 0.344 e. The van der Waals surface area contributed by atoms with Crippen molar-refractivity contribution in [3.8, 4) is 0 Å². The van der Waals surface area contributed by atoms with Gasteiger partial charge in [0.15, 0.2) is 11.6 Å². The summed E-state index contributed by atoms with van der Waals surface area (Å²) in [5, 5.41) is 12.4. The Morgan fingerprint density at radius 1 is 0.706 bits per heavy atom. The van der Waals surface area contributed by atoms with Gasteiger partial charge in [-0.15, -0.1) is 0 Å². The number of carbonyl (C=O) groups excluding carboxylic acids is 3. The van der Waals surface area contributed by atoms with Crippen LogP contribution in [0.25, 0.3) is 0 Å². The number of nitrogens with zero attached hydrogens (tertiary/aromatic N) is 1. The van der Waals surface area contributed by atoms with Crippen LogP contribution in [0.1, 0.15) is 78.2 Å². The molecule has 180 valence electrons. The summed E-state index contributed by atoms with van der Waals surface area (Å²) in [5.74, 6) is -2.43. The topological polar surface area (TPSA) is 119 Å². The molecule has 0 saturated carbocycles. The second-order valence-electron chi connectivity index (χ2n) is 9.77. The number of hydrogen-bond donors (Lipinski definition) is 1. The first kappa shape index (κ1) is 26.4. The molecular weight excluding hydrogens is 438 g/mol. The van der Waals surface area contributed by atoms with Gasteiger partial charge in [-0.05, 0) is 29.4 Å². The molecular formula is C26H29NO7. The van der Waals surface area contributed by atoms with Crippen LogP contribution in [0.4, 0.5) is 0 Å². The minimum Gasteiger partial charge on any atom is -0.479 e. The van der Waals surface area contributed by atoms with Crippen LogP contribution in [-0.2, 0) is 14.4 Å². The van der Waals surface area contributed by atoms with Gasteiger partial charge in [0.25, 0.3) is 5.90 Å². The summed E-state index contributed by atoms with van der Waals surface area (Å²) in [6.45, 7) is 10.1. The van der Waals surface area contributed by atoms with Gasteiger partial charge in [-0.1, -0.05) is 65.8 Å². The Morgan fingerprint density at radius 3 is 1.47 bits per heavy atom. The number of esters is 1. The summed E-state index contributed by atoms with van der Waals surface area (Å²) in [5.41, 5.74) is 0.258. The lowest BCUT2D eigenvalue weighted by Crippen LogP contribution is -2.21. The molecule has 0 spiro atoms. The van der Waals surface area contributed by atoms with Crippen LogP contribution in [0.5, 0.6) is 0 Å². The molecule has 1 N–H and O–H groups in total. The molecule has 2 rings (SSSR count). The number of benzene rings is 2. The van der Waals surface area contributed by atoms with Gasteiger partial charge in [-0.3, -0.25) is 9.59 Å². The molecule has 0 unspecified atom stereocenters. The Labute approximate surface area is 198 Å². The van der Waals surface area contributed by atoms with Gasteiger partial charge in [-0.2, -0.15) is 0 Å². The number of aliphatic carboxylic acids is 1. The van der Waals surface area contributed by atoms with Gasteiger partial charge in [0, 0.05) is 27.5 Å². The molecule has 0 aliphatic heterocycles. The fraction of sp³-hybridized carbons (Fsp3) is 0.346. The largest absolute Gasteiger partial charge is 0.479 e. The first-order valence-electron chi connectivity index (χ1n) is 10.6. The molecule has 0 atom stereocenters. The maximum atomic E-state index is 12.7. The fourth-order valence-electron chi connectivity index (χ4n) is 2.81. The second-order valence-corrected chi connectivity index (χ2v) is 9.77. The number of ether oxygens (including phenoxy) is 1. The number of rotatable bonds is 7.